The van der Waals surface area contributed by atoms with Crippen LogP contribution >= 0.6 is 11.6 Å². The number of H-pyrrole nitrogens is 1. The predicted molar refractivity (Wildman–Crippen MR) is 116 cm³/mol. The van der Waals surface area contributed by atoms with E-state index in [1.807, 2.05) is 32.0 Å². The molecular formula is C22H22ClN3O4. The van der Waals surface area contributed by atoms with Crippen LogP contribution in [0.15, 0.2) is 58.3 Å². The van der Waals surface area contributed by atoms with Gasteiger partial charge in [-0.1, -0.05) is 35.9 Å². The number of hydrogen-bond acceptors (Lipinski definition) is 4. The Balaban J connectivity index is 1.67. The van der Waals surface area contributed by atoms with Crippen LogP contribution < -0.4 is 21.3 Å². The number of ether oxygens (including phenoxy) is 1. The molecule has 0 unspecified atom stereocenters. The number of hydrogen-bond donors (Lipinski definition) is 2. The van der Waals surface area contributed by atoms with E-state index >= 15 is 0 Å². The van der Waals surface area contributed by atoms with Crippen LogP contribution in [0.2, 0.25) is 5.02 Å². The average Bonchev–Trinajstić information content (AvgIpc) is 2.69. The van der Waals surface area contributed by atoms with E-state index in [2.05, 4.69) is 10.3 Å². The monoisotopic (exact) mass is 427 g/mol. The molecule has 156 valence electrons. The molecule has 0 radical (unpaired) electrons. The first-order chi connectivity index (χ1) is 14.3. The van der Waals surface area contributed by atoms with Crippen molar-refractivity contribution < 1.29 is 9.53 Å². The first-order valence-corrected chi connectivity index (χ1v) is 9.78. The van der Waals surface area contributed by atoms with Gasteiger partial charge in [0.1, 0.15) is 17.9 Å². The lowest BCUT2D eigenvalue weighted by Gasteiger charge is -2.10. The Hall–Kier alpha value is -3.32. The summed E-state index contributed by atoms with van der Waals surface area (Å²) in [6, 6.07) is 12.7. The second-order valence-corrected chi connectivity index (χ2v) is 7.33. The smallest absolute Gasteiger partial charge is 0.328 e. The quantitative estimate of drug-likeness (QED) is 0.567. The normalized spacial score (nSPS) is 10.6. The average molecular weight is 428 g/mol. The molecule has 30 heavy (non-hydrogen) atoms. The van der Waals surface area contributed by atoms with Gasteiger partial charge in [-0.2, -0.15) is 0 Å². The van der Waals surface area contributed by atoms with Crippen molar-refractivity contribution in [3.8, 4) is 5.75 Å². The van der Waals surface area contributed by atoms with Crippen molar-refractivity contribution in [3.63, 3.8) is 0 Å². The number of rotatable bonds is 7. The van der Waals surface area contributed by atoms with Gasteiger partial charge in [0.15, 0.2) is 0 Å². The van der Waals surface area contributed by atoms with Crippen molar-refractivity contribution in [2.45, 2.75) is 20.4 Å². The maximum Gasteiger partial charge on any atom is 0.328 e. The molecule has 0 saturated carbocycles. The molecule has 0 spiro atoms. The number of halogens is 1. The SMILES string of the molecule is Cc1cc(C)cc(OCCNC(=O)c2c[nH]c(=O)n(Cc3ccccc3Cl)c2=O)c1. The Bertz CT molecular complexity index is 1160. The lowest BCUT2D eigenvalue weighted by molar-refractivity contribution is 0.0944. The van der Waals surface area contributed by atoms with Crippen molar-refractivity contribution in [2.75, 3.05) is 13.2 Å². The van der Waals surface area contributed by atoms with Crippen LogP contribution in [-0.4, -0.2) is 28.6 Å². The van der Waals surface area contributed by atoms with E-state index in [1.165, 1.54) is 0 Å². The van der Waals surface area contributed by atoms with Crippen LogP contribution in [0.1, 0.15) is 27.0 Å². The minimum absolute atomic E-state index is 0.0369. The van der Waals surface area contributed by atoms with E-state index in [0.29, 0.717) is 16.3 Å². The number of benzene rings is 2. The molecule has 0 atom stereocenters. The van der Waals surface area contributed by atoms with Crippen LogP contribution in [0.25, 0.3) is 0 Å². The van der Waals surface area contributed by atoms with Gasteiger partial charge >= 0.3 is 5.69 Å². The van der Waals surface area contributed by atoms with E-state index in [0.717, 1.165) is 21.9 Å². The Kier molecular flexibility index (Phi) is 6.74. The van der Waals surface area contributed by atoms with Gasteiger partial charge in [-0.15, -0.1) is 0 Å². The van der Waals surface area contributed by atoms with Gasteiger partial charge in [-0.25, -0.2) is 4.79 Å². The third-order valence-electron chi connectivity index (χ3n) is 4.44. The molecule has 1 aromatic heterocycles. The number of nitrogens with zero attached hydrogens (tertiary/aromatic N) is 1. The topological polar surface area (TPSA) is 93.2 Å². The third kappa shape index (κ3) is 5.18. The van der Waals surface area contributed by atoms with Crippen LogP contribution in [0.4, 0.5) is 0 Å². The fourth-order valence-corrected chi connectivity index (χ4v) is 3.25. The maximum atomic E-state index is 12.7. The molecule has 7 nitrogen and oxygen atoms in total. The summed E-state index contributed by atoms with van der Waals surface area (Å²) in [6.45, 7) is 4.36. The minimum atomic E-state index is -0.689. The molecule has 0 aliphatic heterocycles. The Labute approximate surface area is 178 Å². The summed E-state index contributed by atoms with van der Waals surface area (Å²) in [4.78, 5) is 39.7. The molecule has 1 heterocycles. The molecular weight excluding hydrogens is 406 g/mol. The summed E-state index contributed by atoms with van der Waals surface area (Å²) in [5.41, 5.74) is 1.31. The summed E-state index contributed by atoms with van der Waals surface area (Å²) < 4.78 is 6.60. The first kappa shape index (κ1) is 21.4. The van der Waals surface area contributed by atoms with Crippen molar-refractivity contribution in [1.82, 2.24) is 14.9 Å². The van der Waals surface area contributed by atoms with Gasteiger partial charge in [-0.05, 0) is 48.7 Å². The molecule has 0 bridgehead atoms. The van der Waals surface area contributed by atoms with E-state index in [-0.39, 0.29) is 25.3 Å². The molecule has 0 fully saturated rings. The molecule has 0 aliphatic rings. The lowest BCUT2D eigenvalue weighted by Crippen LogP contribution is -2.41. The minimum Gasteiger partial charge on any atom is -0.492 e. The lowest BCUT2D eigenvalue weighted by atomic mass is 10.1. The zero-order valence-corrected chi connectivity index (χ0v) is 17.5. The van der Waals surface area contributed by atoms with Crippen molar-refractivity contribution in [1.29, 1.82) is 0 Å². The number of nitrogens with one attached hydrogen (secondary N) is 2. The summed E-state index contributed by atoms with van der Waals surface area (Å²) in [5, 5.41) is 3.07. The fraction of sp³-hybridized carbons (Fsp3) is 0.227. The molecule has 3 aromatic rings. The largest absolute Gasteiger partial charge is 0.492 e. The van der Waals surface area contributed by atoms with Gasteiger partial charge in [0, 0.05) is 11.2 Å². The molecule has 1 amide bonds. The fourth-order valence-electron chi connectivity index (χ4n) is 3.06. The molecule has 0 saturated heterocycles. The molecule has 0 aliphatic carbocycles. The molecule has 3 rings (SSSR count). The van der Waals surface area contributed by atoms with Crippen molar-refractivity contribution >= 4 is 17.5 Å². The highest BCUT2D eigenvalue weighted by molar-refractivity contribution is 6.31. The van der Waals surface area contributed by atoms with E-state index in [9.17, 15) is 14.4 Å². The number of aromatic nitrogens is 2. The molecule has 2 aromatic carbocycles. The van der Waals surface area contributed by atoms with Crippen molar-refractivity contribution in [3.05, 3.63) is 96.8 Å². The Morgan fingerprint density at radius 1 is 1.13 bits per heavy atom. The van der Waals surface area contributed by atoms with E-state index < -0.39 is 17.2 Å². The maximum absolute atomic E-state index is 12.7. The van der Waals surface area contributed by atoms with Gasteiger partial charge in [0.2, 0.25) is 0 Å². The summed E-state index contributed by atoms with van der Waals surface area (Å²) in [7, 11) is 0. The highest BCUT2D eigenvalue weighted by atomic mass is 35.5. The van der Waals surface area contributed by atoms with E-state index in [1.54, 1.807) is 24.3 Å². The second-order valence-electron chi connectivity index (χ2n) is 6.92. The van der Waals surface area contributed by atoms with Crippen LogP contribution in [0, 0.1) is 13.8 Å². The summed E-state index contributed by atoms with van der Waals surface area (Å²) in [5.74, 6) is 0.126. The van der Waals surface area contributed by atoms with Crippen LogP contribution in [0.3, 0.4) is 0 Å². The highest BCUT2D eigenvalue weighted by Crippen LogP contribution is 2.16. The second kappa shape index (κ2) is 9.45. The number of carbonyl (C=O) groups is 1. The first-order valence-electron chi connectivity index (χ1n) is 9.40. The van der Waals surface area contributed by atoms with E-state index in [4.69, 9.17) is 16.3 Å². The zero-order valence-electron chi connectivity index (χ0n) is 16.7. The van der Waals surface area contributed by atoms with Crippen molar-refractivity contribution in [2.24, 2.45) is 0 Å². The Morgan fingerprint density at radius 3 is 2.53 bits per heavy atom. The molecule has 2 N–H and O–H groups in total. The number of aromatic amines is 1. The Morgan fingerprint density at radius 2 is 1.83 bits per heavy atom. The number of aryl methyl sites for hydroxylation is 2. The van der Waals surface area contributed by atoms with Gasteiger partial charge in [-0.3, -0.25) is 14.2 Å². The van der Waals surface area contributed by atoms with Crippen LogP contribution in [0.5, 0.6) is 5.75 Å². The standard InChI is InChI=1S/C22H22ClN3O4/c1-14-9-15(2)11-17(10-14)30-8-7-24-20(27)18-12-25-22(29)26(21(18)28)13-16-5-3-4-6-19(16)23/h3-6,9-12H,7-8,13H2,1-2H3,(H,24,27)(H,25,29). The number of carbonyl (C=O) groups excluding carboxylic acids is 1. The van der Waals surface area contributed by atoms with Gasteiger partial charge in [0.25, 0.3) is 11.5 Å². The third-order valence-corrected chi connectivity index (χ3v) is 4.81. The number of amides is 1. The van der Waals surface area contributed by atoms with Gasteiger partial charge in [0.05, 0.1) is 13.1 Å². The summed E-state index contributed by atoms with van der Waals surface area (Å²) in [6.07, 6.45) is 1.12. The zero-order chi connectivity index (χ0) is 21.7. The summed E-state index contributed by atoms with van der Waals surface area (Å²) >= 11 is 6.11. The highest BCUT2D eigenvalue weighted by Gasteiger charge is 2.15. The van der Waals surface area contributed by atoms with Gasteiger partial charge < -0.3 is 15.0 Å². The molecule has 8 heteroatoms. The predicted octanol–water partition coefficient (Wildman–Crippen LogP) is 2.66. The van der Waals surface area contributed by atoms with Crippen LogP contribution in [-0.2, 0) is 6.54 Å².